The second-order valence-corrected chi connectivity index (χ2v) is 7.11. The number of fused-ring (bicyclic) bond motifs is 1. The molecule has 1 aromatic heterocycles. The average Bonchev–Trinajstić information content (AvgIpc) is 2.69. The van der Waals surface area contributed by atoms with Crippen LogP contribution in [0.5, 0.6) is 0 Å². The molecule has 0 unspecified atom stereocenters. The van der Waals surface area contributed by atoms with Crippen molar-refractivity contribution >= 4 is 34.2 Å². The normalized spacial score (nSPS) is 14.6. The van der Waals surface area contributed by atoms with Gasteiger partial charge in [0.05, 0.1) is 0 Å². The summed E-state index contributed by atoms with van der Waals surface area (Å²) in [5, 5.41) is 1.48. The van der Waals surface area contributed by atoms with E-state index in [1.54, 1.807) is 23.1 Å². The van der Waals surface area contributed by atoms with Gasteiger partial charge in [0, 0.05) is 42.3 Å². The zero-order valence-corrected chi connectivity index (χ0v) is 15.7. The molecule has 138 valence electrons. The van der Waals surface area contributed by atoms with Gasteiger partial charge in [-0.05, 0) is 36.8 Å². The van der Waals surface area contributed by atoms with Gasteiger partial charge in [0.15, 0.2) is 0 Å². The summed E-state index contributed by atoms with van der Waals surface area (Å²) in [6.45, 7) is 4.42. The Labute approximate surface area is 161 Å². The van der Waals surface area contributed by atoms with Gasteiger partial charge in [-0.2, -0.15) is 0 Å². The van der Waals surface area contributed by atoms with E-state index in [2.05, 4.69) is 4.90 Å². The monoisotopic (exact) mass is 382 g/mol. The van der Waals surface area contributed by atoms with Crippen molar-refractivity contribution in [2.45, 2.75) is 6.92 Å². The fourth-order valence-electron chi connectivity index (χ4n) is 3.33. The highest BCUT2D eigenvalue weighted by Crippen LogP contribution is 2.24. The van der Waals surface area contributed by atoms with Crippen molar-refractivity contribution in [3.05, 3.63) is 75.1 Å². The van der Waals surface area contributed by atoms with Crippen LogP contribution >= 0.6 is 11.6 Å². The van der Waals surface area contributed by atoms with E-state index in [1.807, 2.05) is 37.3 Å². The quantitative estimate of drug-likeness (QED) is 0.634. The molecule has 1 aliphatic rings. The lowest BCUT2D eigenvalue weighted by atomic mass is 10.1. The molecule has 27 heavy (non-hydrogen) atoms. The first kappa shape index (κ1) is 17.6. The lowest BCUT2D eigenvalue weighted by Gasteiger charge is -2.36. The van der Waals surface area contributed by atoms with E-state index in [-0.39, 0.29) is 11.5 Å². The lowest BCUT2D eigenvalue weighted by molar-refractivity contribution is 0.0742. The van der Waals surface area contributed by atoms with E-state index >= 15 is 0 Å². The van der Waals surface area contributed by atoms with E-state index in [4.69, 9.17) is 16.0 Å². The molecule has 2 heterocycles. The summed E-state index contributed by atoms with van der Waals surface area (Å²) >= 11 is 6.22. The van der Waals surface area contributed by atoms with Crippen molar-refractivity contribution in [2.24, 2.45) is 0 Å². The van der Waals surface area contributed by atoms with Crippen LogP contribution in [0.2, 0.25) is 5.02 Å². The maximum Gasteiger partial charge on any atom is 0.349 e. The van der Waals surface area contributed by atoms with Crippen LogP contribution in [0, 0.1) is 6.92 Å². The van der Waals surface area contributed by atoms with Gasteiger partial charge in [0.2, 0.25) is 0 Å². The molecule has 1 fully saturated rings. The number of hydrogen-bond acceptors (Lipinski definition) is 4. The van der Waals surface area contributed by atoms with E-state index in [0.717, 1.165) is 21.7 Å². The molecule has 0 spiro atoms. The van der Waals surface area contributed by atoms with Gasteiger partial charge >= 0.3 is 5.63 Å². The Morgan fingerprint density at radius 3 is 2.52 bits per heavy atom. The highest BCUT2D eigenvalue weighted by molar-refractivity contribution is 6.31. The lowest BCUT2D eigenvalue weighted by Crippen LogP contribution is -2.49. The molecule has 0 radical (unpaired) electrons. The number of carbonyl (C=O) groups is 1. The van der Waals surface area contributed by atoms with Crippen LogP contribution < -0.4 is 10.5 Å². The number of anilines is 1. The van der Waals surface area contributed by atoms with E-state index in [0.29, 0.717) is 31.8 Å². The highest BCUT2D eigenvalue weighted by Gasteiger charge is 2.25. The molecule has 0 bridgehead atoms. The number of piperazine rings is 1. The highest BCUT2D eigenvalue weighted by atomic mass is 35.5. The van der Waals surface area contributed by atoms with Crippen LogP contribution in [0.1, 0.15) is 15.9 Å². The summed E-state index contributed by atoms with van der Waals surface area (Å²) in [5.41, 5.74) is 2.06. The molecular formula is C21H19ClN2O3. The number of benzene rings is 2. The molecule has 1 aliphatic heterocycles. The Kier molecular flexibility index (Phi) is 4.62. The SMILES string of the molecule is Cc1ccc(N2CCN(C(=O)c3cc4ccccc4oc3=O)CC2)cc1Cl. The van der Waals surface area contributed by atoms with Gasteiger partial charge in [0.25, 0.3) is 5.91 Å². The van der Waals surface area contributed by atoms with Crippen molar-refractivity contribution in [2.75, 3.05) is 31.1 Å². The molecule has 2 aromatic carbocycles. The van der Waals surface area contributed by atoms with Crippen LogP contribution in [-0.2, 0) is 0 Å². The number of aryl methyl sites for hydroxylation is 1. The molecule has 4 rings (SSSR count). The minimum absolute atomic E-state index is 0.0838. The Hall–Kier alpha value is -2.79. The number of rotatable bonds is 2. The van der Waals surface area contributed by atoms with Crippen molar-refractivity contribution in [1.29, 1.82) is 0 Å². The molecule has 1 saturated heterocycles. The third-order valence-corrected chi connectivity index (χ3v) is 5.37. The van der Waals surface area contributed by atoms with Gasteiger partial charge in [-0.25, -0.2) is 4.79 Å². The Balaban J connectivity index is 1.51. The first-order chi connectivity index (χ1) is 13.0. The van der Waals surface area contributed by atoms with Gasteiger partial charge in [-0.3, -0.25) is 4.79 Å². The predicted octanol–water partition coefficient (Wildman–Crippen LogP) is 3.72. The van der Waals surface area contributed by atoms with E-state index in [9.17, 15) is 9.59 Å². The summed E-state index contributed by atoms with van der Waals surface area (Å²) in [4.78, 5) is 29.0. The molecule has 0 N–H and O–H groups in total. The van der Waals surface area contributed by atoms with Gasteiger partial charge in [0.1, 0.15) is 11.1 Å². The fourth-order valence-corrected chi connectivity index (χ4v) is 3.50. The molecule has 0 saturated carbocycles. The zero-order valence-electron chi connectivity index (χ0n) is 14.9. The minimum atomic E-state index is -0.591. The van der Waals surface area contributed by atoms with Crippen LogP contribution in [0.25, 0.3) is 11.0 Å². The maximum atomic E-state index is 12.8. The molecule has 1 amide bonds. The largest absolute Gasteiger partial charge is 0.422 e. The summed E-state index contributed by atoms with van der Waals surface area (Å²) in [7, 11) is 0. The first-order valence-corrected chi connectivity index (χ1v) is 9.24. The van der Waals surface area contributed by atoms with E-state index in [1.165, 1.54) is 0 Å². The second-order valence-electron chi connectivity index (χ2n) is 6.70. The standard InChI is InChI=1S/C21H19ClN2O3/c1-14-6-7-16(13-18(14)22)23-8-10-24(11-9-23)20(25)17-12-15-4-2-3-5-19(15)27-21(17)26/h2-7,12-13H,8-11H2,1H3. The summed E-state index contributed by atoms with van der Waals surface area (Å²) in [6.07, 6.45) is 0. The smallest absolute Gasteiger partial charge is 0.349 e. The van der Waals surface area contributed by atoms with Crippen LogP contribution in [0.3, 0.4) is 0 Å². The molecular weight excluding hydrogens is 364 g/mol. The van der Waals surface area contributed by atoms with E-state index < -0.39 is 5.63 Å². The van der Waals surface area contributed by atoms with Crippen LogP contribution in [0.4, 0.5) is 5.69 Å². The van der Waals surface area contributed by atoms with Crippen LogP contribution in [0.15, 0.2) is 57.7 Å². The molecule has 0 atom stereocenters. The molecule has 6 heteroatoms. The van der Waals surface area contributed by atoms with Crippen molar-refractivity contribution < 1.29 is 9.21 Å². The third kappa shape index (κ3) is 3.43. The molecule has 5 nitrogen and oxygen atoms in total. The van der Waals surface area contributed by atoms with Gasteiger partial charge in [-0.1, -0.05) is 35.9 Å². The maximum absolute atomic E-state index is 12.8. The topological polar surface area (TPSA) is 53.8 Å². The first-order valence-electron chi connectivity index (χ1n) is 8.86. The summed E-state index contributed by atoms with van der Waals surface area (Å²) < 4.78 is 5.29. The van der Waals surface area contributed by atoms with Crippen molar-refractivity contribution in [3.63, 3.8) is 0 Å². The number of halogens is 1. The minimum Gasteiger partial charge on any atom is -0.422 e. The van der Waals surface area contributed by atoms with Crippen molar-refractivity contribution in [3.8, 4) is 0 Å². The van der Waals surface area contributed by atoms with Crippen LogP contribution in [-0.4, -0.2) is 37.0 Å². The molecule has 0 aliphatic carbocycles. The number of amides is 1. The molecule has 3 aromatic rings. The number of hydrogen-bond donors (Lipinski definition) is 0. The Morgan fingerprint density at radius 2 is 1.78 bits per heavy atom. The van der Waals surface area contributed by atoms with Gasteiger partial charge < -0.3 is 14.2 Å². The Bertz CT molecular complexity index is 1070. The van der Waals surface area contributed by atoms with Crippen molar-refractivity contribution in [1.82, 2.24) is 4.90 Å². The number of nitrogens with zero attached hydrogens (tertiary/aromatic N) is 2. The fraction of sp³-hybridized carbons (Fsp3) is 0.238. The average molecular weight is 383 g/mol. The third-order valence-electron chi connectivity index (χ3n) is 4.96. The summed E-state index contributed by atoms with van der Waals surface area (Å²) in [6, 6.07) is 14.8. The second kappa shape index (κ2) is 7.08. The van der Waals surface area contributed by atoms with Gasteiger partial charge in [-0.15, -0.1) is 0 Å². The number of para-hydroxylation sites is 1. The number of carbonyl (C=O) groups excluding carboxylic acids is 1. The zero-order chi connectivity index (χ0) is 19.0. The Morgan fingerprint density at radius 1 is 1.04 bits per heavy atom. The predicted molar refractivity (Wildman–Crippen MR) is 107 cm³/mol. The summed E-state index contributed by atoms with van der Waals surface area (Å²) in [5.74, 6) is -0.281.